The first-order chi connectivity index (χ1) is 19.4. The Morgan fingerprint density at radius 1 is 0.850 bits per heavy atom. The lowest BCUT2D eigenvalue weighted by Gasteiger charge is -2.36. The van der Waals surface area contributed by atoms with Gasteiger partial charge in [-0.1, -0.05) is 60.1 Å². The highest BCUT2D eigenvalue weighted by Crippen LogP contribution is 2.38. The van der Waals surface area contributed by atoms with Crippen molar-refractivity contribution in [2.75, 3.05) is 16.9 Å². The summed E-state index contributed by atoms with van der Waals surface area (Å²) in [5.41, 5.74) is 2.12. The lowest BCUT2D eigenvalue weighted by atomic mass is 10.0. The molecule has 1 aliphatic heterocycles. The van der Waals surface area contributed by atoms with Crippen LogP contribution in [0.5, 0.6) is 11.5 Å². The summed E-state index contributed by atoms with van der Waals surface area (Å²) in [4.78, 5) is 30.1. The van der Waals surface area contributed by atoms with Crippen LogP contribution in [0.1, 0.15) is 11.1 Å². The molecule has 6 nitrogen and oxygen atoms in total. The smallest absolute Gasteiger partial charge is 0.270 e. The van der Waals surface area contributed by atoms with Crippen LogP contribution in [0.4, 0.5) is 15.8 Å². The van der Waals surface area contributed by atoms with E-state index in [-0.39, 0.29) is 33.9 Å². The number of ether oxygens (including phenoxy) is 2. The van der Waals surface area contributed by atoms with Gasteiger partial charge in [-0.2, -0.15) is 0 Å². The number of hydrogen-bond acceptors (Lipinski definition) is 5. The predicted molar refractivity (Wildman–Crippen MR) is 157 cm³/mol. The van der Waals surface area contributed by atoms with Gasteiger partial charge in [0.2, 0.25) is 0 Å². The van der Waals surface area contributed by atoms with E-state index in [2.05, 4.69) is 0 Å². The quantitative estimate of drug-likeness (QED) is 0.138. The average Bonchev–Trinajstić information content (AvgIpc) is 2.96. The van der Waals surface area contributed by atoms with Crippen LogP contribution < -0.4 is 19.3 Å². The van der Waals surface area contributed by atoms with E-state index in [1.807, 2.05) is 12.1 Å². The standard InChI is InChI=1S/C31H22ClFN2O4S/c1-38-27-18-21(17-26(32)28(27)39-19-20-12-14-22(33)15-13-20)16-25-29(36)34(23-8-4-2-5-9-23)31(40)35(30(25)37)24-10-6-3-7-11-24/h2-18H,19H2,1H3. The molecular formula is C31H22ClFN2O4S. The lowest BCUT2D eigenvalue weighted by molar-refractivity contribution is -0.120. The maximum atomic E-state index is 13.7. The Labute approximate surface area is 240 Å². The van der Waals surface area contributed by atoms with Gasteiger partial charge in [-0.25, -0.2) is 4.39 Å². The second-order valence-electron chi connectivity index (χ2n) is 8.74. The van der Waals surface area contributed by atoms with Crippen molar-refractivity contribution in [2.24, 2.45) is 0 Å². The van der Waals surface area contributed by atoms with E-state index in [1.54, 1.807) is 72.8 Å². The largest absolute Gasteiger partial charge is 0.493 e. The Kier molecular flexibility index (Phi) is 7.91. The topological polar surface area (TPSA) is 59.1 Å². The van der Waals surface area contributed by atoms with Gasteiger partial charge in [0.05, 0.1) is 23.5 Å². The van der Waals surface area contributed by atoms with E-state index in [1.165, 1.54) is 35.1 Å². The van der Waals surface area contributed by atoms with Crippen LogP contribution in [-0.2, 0) is 16.2 Å². The zero-order chi connectivity index (χ0) is 28.2. The first-order valence-corrected chi connectivity index (χ1v) is 13.0. The number of carbonyl (C=O) groups excluding carboxylic acids is 2. The van der Waals surface area contributed by atoms with Crippen molar-refractivity contribution in [2.45, 2.75) is 6.61 Å². The molecule has 4 aromatic rings. The molecule has 0 N–H and O–H groups in total. The molecule has 0 spiro atoms. The van der Waals surface area contributed by atoms with Crippen molar-refractivity contribution in [3.05, 3.63) is 125 Å². The summed E-state index contributed by atoms with van der Waals surface area (Å²) < 4.78 is 24.6. The number of amides is 2. The molecule has 1 heterocycles. The molecule has 5 rings (SSSR count). The van der Waals surface area contributed by atoms with Gasteiger partial charge in [0.1, 0.15) is 18.0 Å². The molecule has 1 saturated heterocycles. The van der Waals surface area contributed by atoms with Crippen LogP contribution in [0.15, 0.2) is 103 Å². The van der Waals surface area contributed by atoms with Gasteiger partial charge in [-0.3, -0.25) is 19.4 Å². The Morgan fingerprint density at radius 2 is 1.40 bits per heavy atom. The van der Waals surface area contributed by atoms with E-state index in [0.717, 1.165) is 5.56 Å². The molecule has 4 aromatic carbocycles. The van der Waals surface area contributed by atoms with Gasteiger partial charge >= 0.3 is 0 Å². The minimum atomic E-state index is -0.569. The second-order valence-corrected chi connectivity index (χ2v) is 9.51. The van der Waals surface area contributed by atoms with Crippen molar-refractivity contribution >= 4 is 58.2 Å². The Bertz CT molecular complexity index is 1550. The van der Waals surface area contributed by atoms with Crippen molar-refractivity contribution in [3.8, 4) is 11.5 Å². The number of nitrogens with zero attached hydrogens (tertiary/aromatic N) is 2. The minimum Gasteiger partial charge on any atom is -0.493 e. The lowest BCUT2D eigenvalue weighted by Crippen LogP contribution is -2.56. The van der Waals surface area contributed by atoms with Gasteiger partial charge in [0.25, 0.3) is 11.8 Å². The van der Waals surface area contributed by atoms with Crippen LogP contribution >= 0.6 is 23.8 Å². The summed E-state index contributed by atoms with van der Waals surface area (Å²) in [6, 6.07) is 26.9. The highest BCUT2D eigenvalue weighted by molar-refractivity contribution is 7.81. The molecule has 0 bridgehead atoms. The number of benzene rings is 4. The van der Waals surface area contributed by atoms with E-state index >= 15 is 0 Å². The first kappa shape index (κ1) is 27.1. The Hall–Kier alpha value is -4.53. The van der Waals surface area contributed by atoms with Crippen LogP contribution in [0.2, 0.25) is 5.02 Å². The normalized spacial score (nSPS) is 13.5. The molecule has 1 fully saturated rings. The monoisotopic (exact) mass is 572 g/mol. The summed E-state index contributed by atoms with van der Waals surface area (Å²) in [6.45, 7) is 0.128. The predicted octanol–water partition coefficient (Wildman–Crippen LogP) is 6.82. The fraction of sp³-hybridized carbons (Fsp3) is 0.0645. The van der Waals surface area contributed by atoms with E-state index in [0.29, 0.717) is 22.7 Å². The number of anilines is 2. The number of halogens is 2. The number of thiocarbonyl (C=S) groups is 1. The molecule has 1 aliphatic rings. The summed E-state index contributed by atoms with van der Waals surface area (Å²) in [5, 5.41) is 0.254. The van der Waals surface area contributed by atoms with Crippen LogP contribution in [0, 0.1) is 5.82 Å². The maximum Gasteiger partial charge on any atom is 0.270 e. The highest BCUT2D eigenvalue weighted by Gasteiger charge is 2.41. The SMILES string of the molecule is COc1cc(C=C2C(=O)N(c3ccccc3)C(=S)N(c3ccccc3)C2=O)cc(Cl)c1OCc1ccc(F)cc1. The summed E-state index contributed by atoms with van der Waals surface area (Å²) in [6.07, 6.45) is 1.45. The Balaban J connectivity index is 1.53. The molecule has 9 heteroatoms. The van der Waals surface area contributed by atoms with E-state index in [4.69, 9.17) is 33.3 Å². The van der Waals surface area contributed by atoms with Crippen LogP contribution in [-0.4, -0.2) is 24.0 Å². The minimum absolute atomic E-state index is 0.0460. The van der Waals surface area contributed by atoms with Crippen molar-refractivity contribution in [1.82, 2.24) is 0 Å². The highest BCUT2D eigenvalue weighted by atomic mass is 35.5. The van der Waals surface area contributed by atoms with Crippen molar-refractivity contribution in [1.29, 1.82) is 0 Å². The van der Waals surface area contributed by atoms with Crippen LogP contribution in [0.25, 0.3) is 6.08 Å². The summed E-state index contributed by atoms with van der Waals surface area (Å²) in [5.74, 6) is -0.913. The second kappa shape index (κ2) is 11.7. The zero-order valence-corrected chi connectivity index (χ0v) is 22.8. The third-order valence-electron chi connectivity index (χ3n) is 6.14. The molecule has 0 atom stereocenters. The zero-order valence-electron chi connectivity index (χ0n) is 21.2. The molecular weight excluding hydrogens is 551 g/mol. The van der Waals surface area contributed by atoms with Gasteiger partial charge in [-0.15, -0.1) is 0 Å². The Morgan fingerprint density at radius 3 is 1.93 bits per heavy atom. The average molecular weight is 573 g/mol. The molecule has 0 unspecified atom stereocenters. The van der Waals surface area contributed by atoms with Crippen molar-refractivity contribution < 1.29 is 23.5 Å². The van der Waals surface area contributed by atoms with E-state index < -0.39 is 11.8 Å². The molecule has 0 saturated carbocycles. The van der Waals surface area contributed by atoms with Crippen LogP contribution in [0.3, 0.4) is 0 Å². The summed E-state index contributed by atoms with van der Waals surface area (Å²) >= 11 is 12.2. The molecule has 0 aliphatic carbocycles. The fourth-order valence-electron chi connectivity index (χ4n) is 4.21. The van der Waals surface area contributed by atoms with Gasteiger partial charge < -0.3 is 9.47 Å². The molecule has 200 valence electrons. The summed E-state index contributed by atoms with van der Waals surface area (Å²) in [7, 11) is 1.46. The maximum absolute atomic E-state index is 13.7. The third-order valence-corrected chi connectivity index (χ3v) is 6.78. The van der Waals surface area contributed by atoms with Gasteiger partial charge in [-0.05, 0) is 78.0 Å². The van der Waals surface area contributed by atoms with Gasteiger partial charge in [0.15, 0.2) is 16.6 Å². The number of rotatable bonds is 7. The first-order valence-electron chi connectivity index (χ1n) is 12.2. The molecule has 2 amide bonds. The van der Waals surface area contributed by atoms with Gasteiger partial charge in [0, 0.05) is 0 Å². The number of hydrogen-bond donors (Lipinski definition) is 0. The van der Waals surface area contributed by atoms with Crippen molar-refractivity contribution in [3.63, 3.8) is 0 Å². The number of carbonyl (C=O) groups is 2. The molecule has 40 heavy (non-hydrogen) atoms. The number of para-hydroxylation sites is 2. The molecule has 0 aromatic heterocycles. The third kappa shape index (κ3) is 5.45. The number of methoxy groups -OCH3 is 1. The molecule has 0 radical (unpaired) electrons. The van der Waals surface area contributed by atoms with E-state index in [9.17, 15) is 14.0 Å². The fourth-order valence-corrected chi connectivity index (χ4v) is 4.86.